The highest BCUT2D eigenvalue weighted by Gasteiger charge is 2.36. The van der Waals surface area contributed by atoms with Gasteiger partial charge in [-0.25, -0.2) is 0 Å². The van der Waals surface area contributed by atoms with Crippen molar-refractivity contribution in [2.45, 2.75) is 25.3 Å². The van der Waals surface area contributed by atoms with Gasteiger partial charge < -0.3 is 20.0 Å². The number of likely N-dealkylation sites (tertiary alicyclic amines) is 2. The first-order chi connectivity index (χ1) is 10.1. The summed E-state index contributed by atoms with van der Waals surface area (Å²) in [5.74, 6) is 0.264. The summed E-state index contributed by atoms with van der Waals surface area (Å²) in [4.78, 5) is 16.8. The predicted molar refractivity (Wildman–Crippen MR) is 79.4 cm³/mol. The molecule has 1 amide bonds. The molecule has 2 heterocycles. The molecule has 2 unspecified atom stereocenters. The molecule has 1 aromatic rings. The number of rotatable bonds is 1. The number of benzene rings is 1. The lowest BCUT2D eigenvalue weighted by molar-refractivity contribution is 0.0315. The van der Waals surface area contributed by atoms with E-state index in [0.29, 0.717) is 18.5 Å². The van der Waals surface area contributed by atoms with Gasteiger partial charge in [-0.1, -0.05) is 0 Å². The van der Waals surface area contributed by atoms with Crippen molar-refractivity contribution in [3.8, 4) is 11.5 Å². The fourth-order valence-corrected chi connectivity index (χ4v) is 3.70. The average molecular weight is 290 g/mol. The van der Waals surface area contributed by atoms with Gasteiger partial charge in [-0.05, 0) is 57.0 Å². The van der Waals surface area contributed by atoms with Crippen LogP contribution in [0, 0.1) is 5.92 Å². The number of carbonyl (C=O) groups is 1. The lowest BCUT2D eigenvalue weighted by Crippen LogP contribution is -2.53. The molecular formula is C16H22N2O3. The molecule has 0 saturated carbocycles. The molecule has 2 N–H and O–H groups in total. The molecule has 114 valence electrons. The maximum absolute atomic E-state index is 12.6. The lowest BCUT2D eigenvalue weighted by Gasteiger charge is -2.46. The van der Waals surface area contributed by atoms with Crippen molar-refractivity contribution in [1.29, 1.82) is 0 Å². The first-order valence-electron chi connectivity index (χ1n) is 7.58. The molecule has 2 atom stereocenters. The van der Waals surface area contributed by atoms with Crippen LogP contribution < -0.4 is 0 Å². The van der Waals surface area contributed by atoms with Crippen LogP contribution in [-0.2, 0) is 0 Å². The number of hydrogen-bond acceptors (Lipinski definition) is 4. The number of nitrogens with zero attached hydrogens (tertiary/aromatic N) is 2. The Morgan fingerprint density at radius 3 is 2.86 bits per heavy atom. The quantitative estimate of drug-likeness (QED) is 0.772. The molecule has 5 heteroatoms. The summed E-state index contributed by atoms with van der Waals surface area (Å²) < 4.78 is 0. The average Bonchev–Trinajstić information content (AvgIpc) is 2.49. The summed E-state index contributed by atoms with van der Waals surface area (Å²) in [6, 6.07) is 4.66. The van der Waals surface area contributed by atoms with E-state index in [1.807, 2.05) is 4.90 Å². The molecule has 5 nitrogen and oxygen atoms in total. The van der Waals surface area contributed by atoms with E-state index in [1.165, 1.54) is 24.6 Å². The van der Waals surface area contributed by atoms with E-state index < -0.39 is 0 Å². The van der Waals surface area contributed by atoms with Gasteiger partial charge in [-0.15, -0.1) is 0 Å². The normalized spacial score (nSPS) is 26.4. The zero-order valence-electron chi connectivity index (χ0n) is 12.3. The minimum absolute atomic E-state index is 0.00318. The van der Waals surface area contributed by atoms with E-state index in [4.69, 9.17) is 0 Å². The van der Waals surface area contributed by atoms with Crippen molar-refractivity contribution in [1.82, 2.24) is 9.80 Å². The molecule has 0 aromatic heterocycles. The van der Waals surface area contributed by atoms with Gasteiger partial charge in [0.05, 0.1) is 5.56 Å². The van der Waals surface area contributed by atoms with Crippen LogP contribution in [0.2, 0.25) is 0 Å². The Labute approximate surface area is 124 Å². The van der Waals surface area contributed by atoms with Crippen molar-refractivity contribution in [2.75, 3.05) is 26.7 Å². The second-order valence-corrected chi connectivity index (χ2v) is 6.19. The first kappa shape index (κ1) is 14.2. The fraction of sp³-hybridized carbons (Fsp3) is 0.562. The van der Waals surface area contributed by atoms with Crippen molar-refractivity contribution in [3.05, 3.63) is 23.8 Å². The van der Waals surface area contributed by atoms with E-state index in [-0.39, 0.29) is 23.0 Å². The Hall–Kier alpha value is -1.75. The molecule has 3 rings (SSSR count). The fourth-order valence-electron chi connectivity index (χ4n) is 3.70. The van der Waals surface area contributed by atoms with Crippen LogP contribution in [0.15, 0.2) is 18.2 Å². The number of phenols is 2. The second-order valence-electron chi connectivity index (χ2n) is 6.19. The van der Waals surface area contributed by atoms with Crippen molar-refractivity contribution < 1.29 is 15.0 Å². The van der Waals surface area contributed by atoms with Crippen LogP contribution in [0.25, 0.3) is 0 Å². The van der Waals surface area contributed by atoms with Gasteiger partial charge in [-0.2, -0.15) is 0 Å². The Balaban J connectivity index is 1.76. The molecule has 2 aliphatic heterocycles. The zero-order valence-corrected chi connectivity index (χ0v) is 12.3. The highest BCUT2D eigenvalue weighted by atomic mass is 16.3. The largest absolute Gasteiger partial charge is 0.508 e. The minimum atomic E-state index is -0.185. The molecule has 0 aliphatic carbocycles. The van der Waals surface area contributed by atoms with Crippen LogP contribution >= 0.6 is 0 Å². The molecule has 0 bridgehead atoms. The van der Waals surface area contributed by atoms with Gasteiger partial charge in [-0.3, -0.25) is 4.79 Å². The number of hydrogen-bond donors (Lipinski definition) is 2. The van der Waals surface area contributed by atoms with Gasteiger partial charge in [0.1, 0.15) is 11.5 Å². The lowest BCUT2D eigenvalue weighted by atomic mass is 9.84. The maximum atomic E-state index is 12.6. The number of amides is 1. The van der Waals surface area contributed by atoms with E-state index in [9.17, 15) is 15.0 Å². The van der Waals surface area contributed by atoms with E-state index in [1.54, 1.807) is 0 Å². The van der Waals surface area contributed by atoms with Crippen molar-refractivity contribution in [3.63, 3.8) is 0 Å². The highest BCUT2D eigenvalue weighted by Crippen LogP contribution is 2.31. The Bertz CT molecular complexity index is 546. The number of aromatic hydroxyl groups is 2. The topological polar surface area (TPSA) is 64.0 Å². The molecule has 2 fully saturated rings. The Morgan fingerprint density at radius 1 is 1.24 bits per heavy atom. The van der Waals surface area contributed by atoms with E-state index in [2.05, 4.69) is 11.9 Å². The summed E-state index contributed by atoms with van der Waals surface area (Å²) in [6.07, 6.45) is 3.31. The van der Waals surface area contributed by atoms with E-state index in [0.717, 1.165) is 25.9 Å². The smallest absolute Gasteiger partial charge is 0.257 e. The number of carbonyl (C=O) groups excluding carboxylic acids is 1. The van der Waals surface area contributed by atoms with Crippen LogP contribution in [0.4, 0.5) is 0 Å². The van der Waals surface area contributed by atoms with Gasteiger partial charge in [0.25, 0.3) is 5.91 Å². The summed E-state index contributed by atoms with van der Waals surface area (Å²) in [5, 5.41) is 19.4. The molecule has 21 heavy (non-hydrogen) atoms. The third-order valence-corrected chi connectivity index (χ3v) is 4.84. The van der Waals surface area contributed by atoms with Crippen LogP contribution in [-0.4, -0.2) is 58.6 Å². The summed E-state index contributed by atoms with van der Waals surface area (Å²) in [6.45, 7) is 2.59. The Kier molecular flexibility index (Phi) is 3.76. The number of phenolic OH excluding ortho intramolecular Hbond substituents is 2. The van der Waals surface area contributed by atoms with Crippen molar-refractivity contribution >= 4 is 5.91 Å². The van der Waals surface area contributed by atoms with Gasteiger partial charge in [0.2, 0.25) is 0 Å². The molecule has 0 radical (unpaired) electrons. The van der Waals surface area contributed by atoms with Crippen LogP contribution in [0.1, 0.15) is 29.6 Å². The zero-order chi connectivity index (χ0) is 15.0. The maximum Gasteiger partial charge on any atom is 0.257 e. The summed E-state index contributed by atoms with van der Waals surface area (Å²) >= 11 is 0. The first-order valence-corrected chi connectivity index (χ1v) is 7.58. The number of piperidine rings is 2. The highest BCUT2D eigenvalue weighted by molar-refractivity contribution is 5.97. The molecule has 2 aliphatic rings. The molecule has 2 saturated heterocycles. The number of fused-ring (bicyclic) bond motifs is 1. The molecule has 1 aromatic carbocycles. The Morgan fingerprint density at radius 2 is 2.05 bits per heavy atom. The van der Waals surface area contributed by atoms with Crippen molar-refractivity contribution in [2.24, 2.45) is 5.92 Å². The minimum Gasteiger partial charge on any atom is -0.508 e. The predicted octanol–water partition coefficient (Wildman–Crippen LogP) is 1.65. The third kappa shape index (κ3) is 2.70. The van der Waals surface area contributed by atoms with Crippen LogP contribution in [0.3, 0.4) is 0 Å². The van der Waals surface area contributed by atoms with E-state index >= 15 is 0 Å². The van der Waals surface area contributed by atoms with Gasteiger partial charge >= 0.3 is 0 Å². The van der Waals surface area contributed by atoms with Gasteiger partial charge in [0.15, 0.2) is 0 Å². The molecule has 0 spiro atoms. The summed E-state index contributed by atoms with van der Waals surface area (Å²) in [5.41, 5.74) is 0.192. The second kappa shape index (κ2) is 5.56. The monoisotopic (exact) mass is 290 g/mol. The SMILES string of the molecule is CN1CCCC2CN(C(=O)c3cc(O)ccc3O)CCC21. The standard InChI is InChI=1S/C16H22N2O3/c1-17-7-2-3-11-10-18(8-6-14(11)17)16(21)13-9-12(19)4-5-15(13)20/h4-5,9,11,14,19-20H,2-3,6-8,10H2,1H3. The van der Waals surface area contributed by atoms with Crippen LogP contribution in [0.5, 0.6) is 11.5 Å². The summed E-state index contributed by atoms with van der Waals surface area (Å²) in [7, 11) is 2.16. The molecular weight excluding hydrogens is 268 g/mol. The third-order valence-electron chi connectivity index (χ3n) is 4.84. The van der Waals surface area contributed by atoms with Gasteiger partial charge in [0, 0.05) is 19.1 Å².